The van der Waals surface area contributed by atoms with Crippen LogP contribution in [0.5, 0.6) is 0 Å². The van der Waals surface area contributed by atoms with Crippen molar-refractivity contribution in [2.75, 3.05) is 6.54 Å². The van der Waals surface area contributed by atoms with Crippen LogP contribution in [0.3, 0.4) is 0 Å². The van der Waals surface area contributed by atoms with Crippen LogP contribution in [0.4, 0.5) is 4.79 Å². The molecule has 0 bridgehead atoms. The Morgan fingerprint density at radius 2 is 1.92 bits per heavy atom. The highest BCUT2D eigenvalue weighted by Crippen LogP contribution is 2.28. The minimum atomic E-state index is -1.21. The molecule has 1 aliphatic heterocycles. The second-order valence-electron chi connectivity index (χ2n) is 7.31. The second kappa shape index (κ2) is 6.55. The molecule has 4 amide bonds. The van der Waals surface area contributed by atoms with Crippen molar-refractivity contribution in [1.82, 2.24) is 15.5 Å². The number of carbonyl (C=O) groups is 3. The lowest BCUT2D eigenvalue weighted by Crippen LogP contribution is -2.48. The maximum absolute atomic E-state index is 12.7. The van der Waals surface area contributed by atoms with Gasteiger partial charge in [0.2, 0.25) is 5.91 Å². The number of urea groups is 1. The van der Waals surface area contributed by atoms with Crippen LogP contribution < -0.4 is 10.6 Å². The fraction of sp³-hybridized carbons (Fsp3) is 0.444. The molecule has 0 aromatic heterocycles. The first kappa shape index (κ1) is 18.5. The molecule has 1 aromatic rings. The number of hydrogen-bond donors (Lipinski definition) is 2. The number of benzene rings is 1. The van der Waals surface area contributed by atoms with E-state index in [9.17, 15) is 19.6 Å². The number of nitrogens with zero attached hydrogens (tertiary/aromatic N) is 2. The lowest BCUT2D eigenvalue weighted by atomic mass is 9.87. The number of amides is 4. The van der Waals surface area contributed by atoms with Gasteiger partial charge in [-0.3, -0.25) is 14.5 Å². The third-order valence-electron chi connectivity index (χ3n) is 4.23. The van der Waals surface area contributed by atoms with Crippen molar-refractivity contribution in [1.29, 1.82) is 5.26 Å². The van der Waals surface area contributed by atoms with Gasteiger partial charge in [-0.2, -0.15) is 5.26 Å². The molecule has 7 heteroatoms. The summed E-state index contributed by atoms with van der Waals surface area (Å²) in [4.78, 5) is 38.0. The number of nitrogens with one attached hydrogen (secondary N) is 2. The van der Waals surface area contributed by atoms with E-state index in [1.54, 1.807) is 31.2 Å². The van der Waals surface area contributed by atoms with E-state index in [-0.39, 0.29) is 0 Å². The first-order valence-corrected chi connectivity index (χ1v) is 7.98. The standard InChI is InChI=1S/C18H22N4O3/c1-17(2,3)13(10-19)20-14(23)11-22-15(24)18(4,21-16(22)25)12-8-6-5-7-9-12/h5-9,13H,11H2,1-4H3,(H,20,23)(H,21,25)/t13-,18+/m0/s1. The molecule has 2 N–H and O–H groups in total. The number of hydrogen-bond acceptors (Lipinski definition) is 4. The first-order valence-electron chi connectivity index (χ1n) is 7.98. The zero-order valence-corrected chi connectivity index (χ0v) is 14.8. The van der Waals surface area contributed by atoms with Gasteiger partial charge >= 0.3 is 6.03 Å². The molecule has 1 heterocycles. The summed E-state index contributed by atoms with van der Waals surface area (Å²) in [6, 6.07) is 9.52. The third-order valence-corrected chi connectivity index (χ3v) is 4.23. The van der Waals surface area contributed by atoms with Gasteiger partial charge in [0.1, 0.15) is 18.1 Å². The fourth-order valence-electron chi connectivity index (χ4n) is 2.60. The van der Waals surface area contributed by atoms with Crippen LogP contribution in [0.15, 0.2) is 30.3 Å². The van der Waals surface area contributed by atoms with Crippen molar-refractivity contribution in [2.24, 2.45) is 5.41 Å². The van der Waals surface area contributed by atoms with Crippen molar-refractivity contribution in [3.63, 3.8) is 0 Å². The molecule has 2 rings (SSSR count). The summed E-state index contributed by atoms with van der Waals surface area (Å²) in [7, 11) is 0. The highest BCUT2D eigenvalue weighted by atomic mass is 16.2. The van der Waals surface area contributed by atoms with Gasteiger partial charge in [-0.05, 0) is 17.9 Å². The molecule has 1 aromatic carbocycles. The Morgan fingerprint density at radius 1 is 1.32 bits per heavy atom. The molecule has 0 radical (unpaired) electrons. The van der Waals surface area contributed by atoms with Crippen molar-refractivity contribution in [3.05, 3.63) is 35.9 Å². The molecule has 0 aliphatic carbocycles. The summed E-state index contributed by atoms with van der Waals surface area (Å²) in [5.74, 6) is -1.05. The predicted octanol–water partition coefficient (Wildman–Crippen LogP) is 1.51. The maximum atomic E-state index is 12.7. The number of nitriles is 1. The Morgan fingerprint density at radius 3 is 2.44 bits per heavy atom. The summed E-state index contributed by atoms with van der Waals surface area (Å²) in [6.45, 7) is 6.64. The zero-order chi connectivity index (χ0) is 18.8. The third kappa shape index (κ3) is 3.63. The van der Waals surface area contributed by atoms with Crippen molar-refractivity contribution in [3.8, 4) is 6.07 Å². The smallest absolute Gasteiger partial charge is 0.325 e. The second-order valence-corrected chi connectivity index (χ2v) is 7.31. The van der Waals surface area contributed by atoms with E-state index in [0.717, 1.165) is 4.90 Å². The number of carbonyl (C=O) groups excluding carboxylic acids is 3. The molecule has 2 atom stereocenters. The molecular formula is C18H22N4O3. The van der Waals surface area contributed by atoms with E-state index < -0.39 is 41.4 Å². The summed E-state index contributed by atoms with van der Waals surface area (Å²) in [5, 5.41) is 14.4. The molecule has 1 aliphatic rings. The summed E-state index contributed by atoms with van der Waals surface area (Å²) < 4.78 is 0. The van der Waals surface area contributed by atoms with Crippen molar-refractivity contribution >= 4 is 17.8 Å². The van der Waals surface area contributed by atoms with Crippen LogP contribution >= 0.6 is 0 Å². The molecule has 0 spiro atoms. The lowest BCUT2D eigenvalue weighted by molar-refractivity contribution is -0.135. The van der Waals surface area contributed by atoms with Gasteiger partial charge in [-0.1, -0.05) is 51.1 Å². The summed E-state index contributed by atoms with van der Waals surface area (Å²) in [6.07, 6.45) is 0. The Bertz CT molecular complexity index is 733. The van der Waals surface area contributed by atoms with E-state index in [4.69, 9.17) is 0 Å². The number of imide groups is 1. The highest BCUT2D eigenvalue weighted by Gasteiger charge is 2.49. The fourth-order valence-corrected chi connectivity index (χ4v) is 2.60. The quantitative estimate of drug-likeness (QED) is 0.810. The van der Waals surface area contributed by atoms with Crippen LogP contribution in [-0.4, -0.2) is 35.3 Å². The lowest BCUT2D eigenvalue weighted by Gasteiger charge is -2.26. The molecule has 25 heavy (non-hydrogen) atoms. The van der Waals surface area contributed by atoms with E-state index in [1.807, 2.05) is 32.9 Å². The molecule has 7 nitrogen and oxygen atoms in total. The predicted molar refractivity (Wildman–Crippen MR) is 91.0 cm³/mol. The largest absolute Gasteiger partial charge is 0.338 e. The van der Waals surface area contributed by atoms with Gasteiger partial charge in [-0.25, -0.2) is 4.79 Å². The Balaban J connectivity index is 2.14. The normalized spacial score (nSPS) is 21.5. The van der Waals surface area contributed by atoms with Gasteiger partial charge in [0.25, 0.3) is 5.91 Å². The Hall–Kier alpha value is -2.88. The maximum Gasteiger partial charge on any atom is 0.325 e. The average molecular weight is 342 g/mol. The Kier molecular flexibility index (Phi) is 4.84. The summed E-state index contributed by atoms with van der Waals surface area (Å²) >= 11 is 0. The van der Waals surface area contributed by atoms with Gasteiger partial charge in [0.15, 0.2) is 0 Å². The van der Waals surface area contributed by atoms with Gasteiger partial charge in [-0.15, -0.1) is 0 Å². The summed E-state index contributed by atoms with van der Waals surface area (Å²) in [5.41, 5.74) is -1.03. The Labute approximate surface area is 147 Å². The van der Waals surface area contributed by atoms with E-state index in [2.05, 4.69) is 10.6 Å². The molecule has 1 saturated heterocycles. The van der Waals surface area contributed by atoms with Gasteiger partial charge in [0, 0.05) is 0 Å². The van der Waals surface area contributed by atoms with Crippen LogP contribution in [0.1, 0.15) is 33.3 Å². The minimum Gasteiger partial charge on any atom is -0.338 e. The van der Waals surface area contributed by atoms with Crippen molar-refractivity contribution < 1.29 is 14.4 Å². The van der Waals surface area contributed by atoms with Gasteiger partial charge < -0.3 is 10.6 Å². The van der Waals surface area contributed by atoms with E-state index in [0.29, 0.717) is 5.56 Å². The molecule has 0 unspecified atom stereocenters. The highest BCUT2D eigenvalue weighted by molar-refractivity contribution is 6.09. The SMILES string of the molecule is CC(C)(C)[C@H](C#N)NC(=O)CN1C(=O)N[C@](C)(c2ccccc2)C1=O. The molecule has 132 valence electrons. The molecule has 0 saturated carbocycles. The monoisotopic (exact) mass is 342 g/mol. The van der Waals surface area contributed by atoms with Gasteiger partial charge in [0.05, 0.1) is 6.07 Å². The van der Waals surface area contributed by atoms with E-state index >= 15 is 0 Å². The average Bonchev–Trinajstić information content (AvgIpc) is 2.76. The zero-order valence-electron chi connectivity index (χ0n) is 14.8. The van der Waals surface area contributed by atoms with Crippen molar-refractivity contribution in [2.45, 2.75) is 39.3 Å². The topological polar surface area (TPSA) is 102 Å². The molecular weight excluding hydrogens is 320 g/mol. The van der Waals surface area contributed by atoms with Crippen LogP contribution in [-0.2, 0) is 15.1 Å². The first-order chi connectivity index (χ1) is 11.6. The van der Waals surface area contributed by atoms with E-state index in [1.165, 1.54) is 0 Å². The minimum absolute atomic E-state index is 0.429. The number of rotatable bonds is 4. The molecule has 1 fully saturated rings. The van der Waals surface area contributed by atoms with Crippen LogP contribution in [0.2, 0.25) is 0 Å². The van der Waals surface area contributed by atoms with Crippen LogP contribution in [0, 0.1) is 16.7 Å². The van der Waals surface area contributed by atoms with Crippen LogP contribution in [0.25, 0.3) is 0 Å².